The molecule has 0 aliphatic carbocycles. The van der Waals surface area contributed by atoms with Crippen LogP contribution in [0.2, 0.25) is 0 Å². The van der Waals surface area contributed by atoms with E-state index in [-0.39, 0.29) is 7.43 Å². The summed E-state index contributed by atoms with van der Waals surface area (Å²) in [5.74, 6) is 1.62. The first kappa shape index (κ1) is 31.9. The van der Waals surface area contributed by atoms with E-state index in [1.165, 1.54) is 0 Å². The Morgan fingerprint density at radius 1 is 0.778 bits per heavy atom. The zero-order valence-electron chi connectivity index (χ0n) is 22.9. The van der Waals surface area contributed by atoms with Crippen molar-refractivity contribution in [1.82, 2.24) is 0 Å². The molecule has 0 amide bonds. The van der Waals surface area contributed by atoms with Crippen LogP contribution in [0.15, 0.2) is 42.7 Å². The quantitative estimate of drug-likeness (QED) is 0.0878. The molecule has 2 aromatic rings. The summed E-state index contributed by atoms with van der Waals surface area (Å²) in [7, 11) is -2.98. The van der Waals surface area contributed by atoms with E-state index in [9.17, 15) is 4.57 Å². The number of aryl methyl sites for hydroxylation is 1. The molecule has 0 radical (unpaired) electrons. The second kappa shape index (κ2) is 18.2. The molecule has 0 unspecified atom stereocenters. The van der Waals surface area contributed by atoms with E-state index in [0.717, 1.165) is 61.3 Å². The van der Waals surface area contributed by atoms with E-state index in [0.29, 0.717) is 32.6 Å². The fraction of sp³-hybridized carbons (Fsp3) is 0.517. The molecule has 0 aliphatic heterocycles. The van der Waals surface area contributed by atoms with Gasteiger partial charge in [0, 0.05) is 18.6 Å². The first-order valence-corrected chi connectivity index (χ1v) is 14.7. The zero-order valence-corrected chi connectivity index (χ0v) is 23.8. The second-order valence-corrected chi connectivity index (χ2v) is 10.5. The fourth-order valence-corrected chi connectivity index (χ4v) is 5.09. The van der Waals surface area contributed by atoms with Gasteiger partial charge in [0.05, 0.1) is 32.6 Å². The summed E-state index contributed by atoms with van der Waals surface area (Å²) in [5.41, 5.74) is 2.17. The number of benzene rings is 1. The minimum atomic E-state index is -2.98. The highest BCUT2D eigenvalue weighted by Crippen LogP contribution is 2.48. The lowest BCUT2D eigenvalue weighted by Gasteiger charge is -2.15. The van der Waals surface area contributed by atoms with Crippen LogP contribution in [-0.2, 0) is 20.2 Å². The molecule has 0 atom stereocenters. The number of hydrogen-bond acceptors (Lipinski definition) is 5. The normalized spacial score (nSPS) is 11.4. The molecular weight excluding hydrogens is 473 g/mol. The number of unbranched alkanes of at least 4 members (excludes halogenated alkanes) is 2. The number of nitrogens with zero attached hydrogens (tertiary/aromatic N) is 1. The van der Waals surface area contributed by atoms with Crippen molar-refractivity contribution in [2.45, 2.75) is 66.3 Å². The molecule has 0 aliphatic rings. The number of hydrogen-bond donors (Lipinski definition) is 0. The smallest absolute Gasteiger partial charge is 0.330 e. The molecule has 7 heteroatoms. The van der Waals surface area contributed by atoms with Gasteiger partial charge in [-0.2, -0.15) is 0 Å². The first-order valence-electron chi connectivity index (χ1n) is 13.0. The summed E-state index contributed by atoms with van der Waals surface area (Å²) in [4.78, 5) is 0. The van der Waals surface area contributed by atoms with Crippen molar-refractivity contribution >= 4 is 19.7 Å². The Hall–Kier alpha value is -2.14. The maximum Gasteiger partial charge on any atom is 0.330 e. The van der Waals surface area contributed by atoms with Gasteiger partial charge in [0.15, 0.2) is 23.9 Å². The molecule has 6 nitrogen and oxygen atoms in total. The highest BCUT2D eigenvalue weighted by molar-refractivity contribution is 7.53. The van der Waals surface area contributed by atoms with E-state index in [1.807, 2.05) is 38.4 Å². The Morgan fingerprint density at radius 2 is 1.36 bits per heavy atom. The fourth-order valence-electron chi connectivity index (χ4n) is 3.44. The standard InChI is InChI=1S/C28H43NO5P.CH3/c1-5-9-21-31-27-15-14-26(24-28(27)32-22-10-6-2)13-12-25-16-19-29(20-17-25)18-11-23-35(30,33-7-3)34-8-4;/h12-17,19-20,24H,5-11,18,21-23H2,1-4H3;1H3/q+1;-1. The lowest BCUT2D eigenvalue weighted by Crippen LogP contribution is -2.33. The molecule has 0 saturated heterocycles. The van der Waals surface area contributed by atoms with Crippen LogP contribution in [0.5, 0.6) is 11.5 Å². The molecule has 0 bridgehead atoms. The summed E-state index contributed by atoms with van der Waals surface area (Å²) in [6, 6.07) is 10.2. The first-order chi connectivity index (χ1) is 17.0. The highest BCUT2D eigenvalue weighted by atomic mass is 31.2. The number of pyridine rings is 1. The third-order valence-electron chi connectivity index (χ3n) is 5.36. The van der Waals surface area contributed by atoms with E-state index in [1.54, 1.807) is 0 Å². The van der Waals surface area contributed by atoms with Gasteiger partial charge in [-0.25, -0.2) is 4.57 Å². The van der Waals surface area contributed by atoms with Crippen LogP contribution >= 0.6 is 7.60 Å². The van der Waals surface area contributed by atoms with E-state index >= 15 is 0 Å². The van der Waals surface area contributed by atoms with Gasteiger partial charge in [-0.3, -0.25) is 4.57 Å². The van der Waals surface area contributed by atoms with Gasteiger partial charge in [0.2, 0.25) is 0 Å². The molecular formula is C29H46NO5P. The molecule has 1 aromatic heterocycles. The van der Waals surface area contributed by atoms with Gasteiger partial charge >= 0.3 is 7.60 Å². The Morgan fingerprint density at radius 3 is 1.94 bits per heavy atom. The lowest BCUT2D eigenvalue weighted by molar-refractivity contribution is -0.696. The van der Waals surface area contributed by atoms with Gasteiger partial charge in [0.25, 0.3) is 0 Å². The average Bonchev–Trinajstić information content (AvgIpc) is 2.85. The Balaban J connectivity index is 0.00000648. The third-order valence-corrected chi connectivity index (χ3v) is 7.53. The Kier molecular flexibility index (Phi) is 16.1. The molecule has 1 heterocycles. The molecule has 0 saturated carbocycles. The molecule has 1 aromatic carbocycles. The number of ether oxygens (including phenoxy) is 2. The van der Waals surface area contributed by atoms with Gasteiger partial charge in [-0.1, -0.05) is 44.9 Å². The van der Waals surface area contributed by atoms with Crippen LogP contribution < -0.4 is 14.0 Å². The summed E-state index contributed by atoms with van der Waals surface area (Å²) in [6.45, 7) is 10.9. The summed E-state index contributed by atoms with van der Waals surface area (Å²) in [5, 5.41) is 0. The number of aromatic nitrogens is 1. The van der Waals surface area contributed by atoms with Crippen LogP contribution in [0.25, 0.3) is 12.2 Å². The molecule has 0 spiro atoms. The van der Waals surface area contributed by atoms with E-state index in [2.05, 4.69) is 48.8 Å². The van der Waals surface area contributed by atoms with Crippen LogP contribution in [-0.4, -0.2) is 32.6 Å². The summed E-state index contributed by atoms with van der Waals surface area (Å²) >= 11 is 0. The highest BCUT2D eigenvalue weighted by Gasteiger charge is 2.23. The van der Waals surface area contributed by atoms with Gasteiger partial charge < -0.3 is 25.9 Å². The molecule has 36 heavy (non-hydrogen) atoms. The van der Waals surface area contributed by atoms with Crippen molar-refractivity contribution < 1.29 is 27.7 Å². The average molecular weight is 520 g/mol. The monoisotopic (exact) mass is 519 g/mol. The molecule has 2 rings (SSSR count). The maximum absolute atomic E-state index is 12.6. The summed E-state index contributed by atoms with van der Waals surface area (Å²) < 4.78 is 37.3. The van der Waals surface area contributed by atoms with Crippen molar-refractivity contribution in [1.29, 1.82) is 0 Å². The minimum Gasteiger partial charge on any atom is -0.490 e. The molecule has 0 fully saturated rings. The predicted octanol–water partition coefficient (Wildman–Crippen LogP) is 7.61. The van der Waals surface area contributed by atoms with Crippen LogP contribution in [0.1, 0.15) is 70.9 Å². The zero-order chi connectivity index (χ0) is 25.4. The second-order valence-electron chi connectivity index (χ2n) is 8.34. The largest absolute Gasteiger partial charge is 0.490 e. The number of rotatable bonds is 18. The van der Waals surface area contributed by atoms with Gasteiger partial charge in [0.1, 0.15) is 6.54 Å². The van der Waals surface area contributed by atoms with Crippen molar-refractivity contribution in [3.8, 4) is 11.5 Å². The maximum atomic E-state index is 12.6. The topological polar surface area (TPSA) is 57.9 Å². The van der Waals surface area contributed by atoms with Crippen molar-refractivity contribution in [3.63, 3.8) is 0 Å². The Bertz CT molecular complexity index is 920. The Labute approximate surface area is 219 Å². The van der Waals surface area contributed by atoms with E-state index in [4.69, 9.17) is 18.5 Å². The van der Waals surface area contributed by atoms with Crippen LogP contribution in [0.3, 0.4) is 0 Å². The van der Waals surface area contributed by atoms with Crippen molar-refractivity contribution in [3.05, 3.63) is 61.3 Å². The van der Waals surface area contributed by atoms with Crippen LogP contribution in [0, 0.1) is 7.43 Å². The van der Waals surface area contributed by atoms with Gasteiger partial charge in [-0.15, -0.1) is 0 Å². The van der Waals surface area contributed by atoms with Gasteiger partial charge in [-0.05, 0) is 49.9 Å². The third kappa shape index (κ3) is 11.7. The molecule has 202 valence electrons. The van der Waals surface area contributed by atoms with Crippen LogP contribution in [0.4, 0.5) is 0 Å². The summed E-state index contributed by atoms with van der Waals surface area (Å²) in [6.07, 6.45) is 13.6. The van der Waals surface area contributed by atoms with Crippen molar-refractivity contribution in [2.24, 2.45) is 0 Å². The van der Waals surface area contributed by atoms with E-state index < -0.39 is 7.60 Å². The predicted molar refractivity (Wildman–Crippen MR) is 150 cm³/mol. The molecule has 0 N–H and O–H groups in total. The minimum absolute atomic E-state index is 0. The SMILES string of the molecule is CCCCOc1ccc(C=Cc2cc[n+](CCCP(=O)(OCC)OCC)cc2)cc1OCCCC.[CH3-]. The lowest BCUT2D eigenvalue weighted by atomic mass is 10.1. The van der Waals surface area contributed by atoms with Crippen molar-refractivity contribution in [2.75, 3.05) is 32.6 Å².